The first kappa shape index (κ1) is 24.9. The van der Waals surface area contributed by atoms with Crippen LogP contribution in [0.5, 0.6) is 0 Å². The summed E-state index contributed by atoms with van der Waals surface area (Å²) in [6.45, 7) is 9.17. The maximum atomic E-state index is 5.73. The molecule has 0 aromatic heterocycles. The topological polar surface area (TPSA) is 41.3 Å². The van der Waals surface area contributed by atoms with Gasteiger partial charge in [0.25, 0.3) is 0 Å². The molecule has 1 heterocycles. The van der Waals surface area contributed by atoms with Crippen LogP contribution < -0.4 is 11.1 Å². The van der Waals surface area contributed by atoms with Crippen LogP contribution in [0.15, 0.2) is 0 Å². The van der Waals surface area contributed by atoms with Crippen LogP contribution in [0.4, 0.5) is 0 Å². The van der Waals surface area contributed by atoms with E-state index in [2.05, 4.69) is 24.1 Å². The summed E-state index contributed by atoms with van der Waals surface area (Å²) in [5, 5.41) is 3.89. The van der Waals surface area contributed by atoms with Crippen LogP contribution in [0.1, 0.15) is 117 Å². The Morgan fingerprint density at radius 2 is 1.33 bits per heavy atom. The number of nitrogens with zero attached hydrogens (tertiary/aromatic N) is 1. The standard InChI is InChI=1S/C24H51N3/c1-3-5-7-9-11-13-17-23-22-27(20-16-15-19-25)24(21-26-23)18-14-12-10-8-6-4-2/h23-24,26H,3-22,25H2,1-2H3. The Morgan fingerprint density at radius 1 is 0.741 bits per heavy atom. The molecule has 0 bridgehead atoms. The van der Waals surface area contributed by atoms with E-state index >= 15 is 0 Å². The molecule has 1 aliphatic heterocycles. The average molecular weight is 382 g/mol. The molecule has 0 saturated carbocycles. The first-order valence-corrected chi connectivity index (χ1v) is 12.5. The summed E-state index contributed by atoms with van der Waals surface area (Å²) in [4.78, 5) is 2.81. The Labute approximate surface area is 171 Å². The summed E-state index contributed by atoms with van der Waals surface area (Å²) in [6, 6.07) is 1.48. The predicted octanol–water partition coefficient (Wildman–Crippen LogP) is 5.87. The summed E-state index contributed by atoms with van der Waals surface area (Å²) in [7, 11) is 0. The number of unbranched alkanes of at least 4 members (excludes halogenated alkanes) is 11. The van der Waals surface area contributed by atoms with E-state index in [1.165, 1.54) is 122 Å². The SMILES string of the molecule is CCCCCCCCC1CN(CCCCN)C(CCCCCCCC)CN1. The molecule has 0 amide bonds. The largest absolute Gasteiger partial charge is 0.330 e. The number of rotatable bonds is 18. The molecule has 1 saturated heterocycles. The zero-order valence-corrected chi connectivity index (χ0v) is 18.8. The van der Waals surface area contributed by atoms with E-state index in [0.717, 1.165) is 18.6 Å². The zero-order valence-electron chi connectivity index (χ0n) is 18.8. The molecule has 162 valence electrons. The van der Waals surface area contributed by atoms with Crippen molar-refractivity contribution in [3.05, 3.63) is 0 Å². The van der Waals surface area contributed by atoms with Crippen molar-refractivity contribution < 1.29 is 0 Å². The van der Waals surface area contributed by atoms with Gasteiger partial charge in [0.15, 0.2) is 0 Å². The van der Waals surface area contributed by atoms with Crippen molar-refractivity contribution >= 4 is 0 Å². The lowest BCUT2D eigenvalue weighted by atomic mass is 9.98. The molecular weight excluding hydrogens is 330 g/mol. The predicted molar refractivity (Wildman–Crippen MR) is 121 cm³/mol. The third kappa shape index (κ3) is 12.9. The second-order valence-corrected chi connectivity index (χ2v) is 8.86. The van der Waals surface area contributed by atoms with Gasteiger partial charge in [-0.15, -0.1) is 0 Å². The molecule has 0 radical (unpaired) electrons. The van der Waals surface area contributed by atoms with Crippen molar-refractivity contribution in [2.75, 3.05) is 26.2 Å². The van der Waals surface area contributed by atoms with Gasteiger partial charge in [-0.05, 0) is 38.8 Å². The van der Waals surface area contributed by atoms with Crippen molar-refractivity contribution in [1.82, 2.24) is 10.2 Å². The van der Waals surface area contributed by atoms with Gasteiger partial charge in [-0.2, -0.15) is 0 Å². The summed E-state index contributed by atoms with van der Waals surface area (Å²) in [6.07, 6.45) is 22.1. The molecule has 0 spiro atoms. The summed E-state index contributed by atoms with van der Waals surface area (Å²) < 4.78 is 0. The van der Waals surface area contributed by atoms with Crippen LogP contribution >= 0.6 is 0 Å². The van der Waals surface area contributed by atoms with E-state index in [1.807, 2.05) is 0 Å². The van der Waals surface area contributed by atoms with E-state index in [0.29, 0.717) is 0 Å². The van der Waals surface area contributed by atoms with Crippen molar-refractivity contribution in [3.8, 4) is 0 Å². The second kappa shape index (κ2) is 17.9. The number of nitrogens with two attached hydrogens (primary N) is 1. The molecule has 3 N–H and O–H groups in total. The molecule has 1 fully saturated rings. The Balaban J connectivity index is 2.25. The molecular formula is C24H51N3. The highest BCUT2D eigenvalue weighted by atomic mass is 15.2. The van der Waals surface area contributed by atoms with Gasteiger partial charge in [0.1, 0.15) is 0 Å². The molecule has 27 heavy (non-hydrogen) atoms. The van der Waals surface area contributed by atoms with Crippen LogP contribution in [0.2, 0.25) is 0 Å². The van der Waals surface area contributed by atoms with Crippen molar-refractivity contribution in [3.63, 3.8) is 0 Å². The lowest BCUT2D eigenvalue weighted by molar-refractivity contribution is 0.115. The van der Waals surface area contributed by atoms with Crippen molar-refractivity contribution in [2.45, 2.75) is 129 Å². The Bertz CT molecular complexity index is 308. The van der Waals surface area contributed by atoms with E-state index in [-0.39, 0.29) is 0 Å². The third-order valence-corrected chi connectivity index (χ3v) is 6.31. The van der Waals surface area contributed by atoms with Gasteiger partial charge in [0, 0.05) is 25.2 Å². The van der Waals surface area contributed by atoms with Crippen LogP contribution in [-0.4, -0.2) is 43.2 Å². The summed E-state index contributed by atoms with van der Waals surface area (Å²) >= 11 is 0. The maximum absolute atomic E-state index is 5.73. The fourth-order valence-electron chi connectivity index (χ4n) is 4.47. The first-order chi connectivity index (χ1) is 13.3. The molecule has 3 nitrogen and oxygen atoms in total. The van der Waals surface area contributed by atoms with Crippen molar-refractivity contribution in [2.24, 2.45) is 5.73 Å². The van der Waals surface area contributed by atoms with Crippen molar-refractivity contribution in [1.29, 1.82) is 0 Å². The van der Waals surface area contributed by atoms with Crippen LogP contribution in [0.25, 0.3) is 0 Å². The Kier molecular flexibility index (Phi) is 16.6. The second-order valence-electron chi connectivity index (χ2n) is 8.86. The van der Waals surface area contributed by atoms with E-state index in [9.17, 15) is 0 Å². The third-order valence-electron chi connectivity index (χ3n) is 6.31. The lowest BCUT2D eigenvalue weighted by Crippen LogP contribution is -2.56. The highest BCUT2D eigenvalue weighted by Gasteiger charge is 2.26. The van der Waals surface area contributed by atoms with Gasteiger partial charge in [-0.3, -0.25) is 4.90 Å². The fraction of sp³-hybridized carbons (Fsp3) is 1.00. The minimum atomic E-state index is 0.717. The fourth-order valence-corrected chi connectivity index (χ4v) is 4.47. The van der Waals surface area contributed by atoms with Gasteiger partial charge in [0.05, 0.1) is 0 Å². The number of nitrogens with one attached hydrogen (secondary N) is 1. The highest BCUT2D eigenvalue weighted by molar-refractivity contribution is 4.86. The average Bonchev–Trinajstić information content (AvgIpc) is 2.68. The molecule has 2 atom stereocenters. The molecule has 1 aliphatic rings. The zero-order chi connectivity index (χ0) is 19.6. The van der Waals surface area contributed by atoms with E-state index in [1.54, 1.807) is 0 Å². The first-order valence-electron chi connectivity index (χ1n) is 12.5. The Hall–Kier alpha value is -0.120. The normalized spacial score (nSPS) is 21.0. The van der Waals surface area contributed by atoms with Gasteiger partial charge < -0.3 is 11.1 Å². The molecule has 3 heteroatoms. The molecule has 0 aliphatic carbocycles. The number of piperazine rings is 1. The molecule has 0 aromatic rings. The monoisotopic (exact) mass is 381 g/mol. The minimum Gasteiger partial charge on any atom is -0.330 e. The Morgan fingerprint density at radius 3 is 1.96 bits per heavy atom. The highest BCUT2D eigenvalue weighted by Crippen LogP contribution is 2.19. The molecule has 1 rings (SSSR count). The molecule has 2 unspecified atom stereocenters. The summed E-state index contributed by atoms with van der Waals surface area (Å²) in [5.74, 6) is 0. The summed E-state index contributed by atoms with van der Waals surface area (Å²) in [5.41, 5.74) is 5.73. The quantitative estimate of drug-likeness (QED) is 0.292. The smallest absolute Gasteiger partial charge is 0.0221 e. The lowest BCUT2D eigenvalue weighted by Gasteiger charge is -2.41. The van der Waals surface area contributed by atoms with Gasteiger partial charge in [-0.25, -0.2) is 0 Å². The van der Waals surface area contributed by atoms with Crippen LogP contribution in [0.3, 0.4) is 0 Å². The van der Waals surface area contributed by atoms with Gasteiger partial charge >= 0.3 is 0 Å². The molecule has 0 aromatic carbocycles. The number of hydrogen-bond acceptors (Lipinski definition) is 3. The van der Waals surface area contributed by atoms with Gasteiger partial charge in [0.2, 0.25) is 0 Å². The maximum Gasteiger partial charge on any atom is 0.0221 e. The van der Waals surface area contributed by atoms with E-state index < -0.39 is 0 Å². The van der Waals surface area contributed by atoms with Crippen LogP contribution in [-0.2, 0) is 0 Å². The van der Waals surface area contributed by atoms with E-state index in [4.69, 9.17) is 5.73 Å². The van der Waals surface area contributed by atoms with Gasteiger partial charge in [-0.1, -0.05) is 90.9 Å². The number of hydrogen-bond donors (Lipinski definition) is 2. The van der Waals surface area contributed by atoms with Crippen LogP contribution in [0, 0.1) is 0 Å². The minimum absolute atomic E-state index is 0.717.